The molecule has 3 heteroatoms. The van der Waals surface area contributed by atoms with Crippen LogP contribution < -0.4 is 4.74 Å². The molecule has 0 fully saturated rings. The Bertz CT molecular complexity index is 503. The molecule has 0 N–H and O–H groups in total. The fourth-order valence-electron chi connectivity index (χ4n) is 1.89. The van der Waals surface area contributed by atoms with Crippen molar-refractivity contribution >= 4 is 17.1 Å². The van der Waals surface area contributed by atoms with Gasteiger partial charge in [-0.3, -0.25) is 4.79 Å². The highest BCUT2D eigenvalue weighted by atomic mass is 32.1. The van der Waals surface area contributed by atoms with Gasteiger partial charge >= 0.3 is 0 Å². The molecule has 0 spiro atoms. The first kappa shape index (κ1) is 12.8. The van der Waals surface area contributed by atoms with Crippen LogP contribution in [0.5, 0.6) is 5.75 Å². The number of Topliss-reactive ketones (excluding diaryl/α,β-unsaturated/α-hetero) is 1. The van der Waals surface area contributed by atoms with Gasteiger partial charge in [-0.05, 0) is 36.4 Å². The Labute approximate surface area is 111 Å². The lowest BCUT2D eigenvalue weighted by atomic mass is 10.0. The molecule has 0 unspecified atom stereocenters. The van der Waals surface area contributed by atoms with Crippen molar-refractivity contribution in [2.75, 3.05) is 7.11 Å². The van der Waals surface area contributed by atoms with Crippen molar-refractivity contribution in [3.05, 3.63) is 52.2 Å². The maximum absolute atomic E-state index is 12.1. The maximum atomic E-state index is 12.1. The molecular weight excluding hydrogens is 244 g/mol. The number of para-hydroxylation sites is 1. The van der Waals surface area contributed by atoms with Crippen molar-refractivity contribution in [2.45, 2.75) is 19.3 Å². The van der Waals surface area contributed by atoms with Gasteiger partial charge in [0.25, 0.3) is 0 Å². The Kier molecular flexibility index (Phi) is 4.53. The van der Waals surface area contributed by atoms with Gasteiger partial charge in [0.15, 0.2) is 5.78 Å². The van der Waals surface area contributed by atoms with Gasteiger partial charge in [0.05, 0.1) is 12.7 Å². The van der Waals surface area contributed by atoms with E-state index in [1.54, 1.807) is 18.4 Å². The summed E-state index contributed by atoms with van der Waals surface area (Å²) in [6, 6.07) is 11.6. The minimum atomic E-state index is 0.156. The standard InChI is InChI=1S/C15H16O2S/c1-17-15-10-3-2-8-13(15)14(16)9-4-6-12-7-5-11-18-12/h2-3,5,7-8,10-11H,4,6,9H2,1H3. The summed E-state index contributed by atoms with van der Waals surface area (Å²) in [5.74, 6) is 0.822. The fraction of sp³-hybridized carbons (Fsp3) is 0.267. The monoisotopic (exact) mass is 260 g/mol. The van der Waals surface area contributed by atoms with Crippen LogP contribution >= 0.6 is 11.3 Å². The van der Waals surface area contributed by atoms with Gasteiger partial charge in [-0.1, -0.05) is 18.2 Å². The van der Waals surface area contributed by atoms with E-state index < -0.39 is 0 Å². The highest BCUT2D eigenvalue weighted by Crippen LogP contribution is 2.20. The molecule has 0 aliphatic carbocycles. The third-order valence-electron chi connectivity index (χ3n) is 2.81. The van der Waals surface area contributed by atoms with E-state index in [1.165, 1.54) is 4.88 Å². The second-order valence-corrected chi connectivity index (χ2v) is 5.09. The van der Waals surface area contributed by atoms with Gasteiger partial charge in [0.1, 0.15) is 5.75 Å². The van der Waals surface area contributed by atoms with Gasteiger partial charge in [-0.25, -0.2) is 0 Å². The van der Waals surface area contributed by atoms with Crippen molar-refractivity contribution in [1.29, 1.82) is 0 Å². The number of thiophene rings is 1. The molecule has 2 rings (SSSR count). The van der Waals surface area contributed by atoms with E-state index in [0.29, 0.717) is 17.7 Å². The smallest absolute Gasteiger partial charge is 0.166 e. The van der Waals surface area contributed by atoms with Crippen molar-refractivity contribution in [3.8, 4) is 5.75 Å². The largest absolute Gasteiger partial charge is 0.496 e. The first-order chi connectivity index (χ1) is 8.81. The Morgan fingerprint density at radius 3 is 2.78 bits per heavy atom. The molecular formula is C15H16O2S. The topological polar surface area (TPSA) is 26.3 Å². The highest BCUT2D eigenvalue weighted by Gasteiger charge is 2.10. The van der Waals surface area contributed by atoms with Gasteiger partial charge in [-0.15, -0.1) is 11.3 Å². The average molecular weight is 260 g/mol. The lowest BCUT2D eigenvalue weighted by Gasteiger charge is -2.06. The number of benzene rings is 1. The summed E-state index contributed by atoms with van der Waals surface area (Å²) in [5.41, 5.74) is 0.686. The first-order valence-electron chi connectivity index (χ1n) is 6.00. The van der Waals surface area contributed by atoms with Crippen LogP contribution in [-0.2, 0) is 6.42 Å². The summed E-state index contributed by atoms with van der Waals surface area (Å²) >= 11 is 1.74. The van der Waals surface area contributed by atoms with E-state index in [4.69, 9.17) is 4.74 Å². The molecule has 0 amide bonds. The molecule has 0 aliphatic heterocycles. The molecule has 0 atom stereocenters. The number of carbonyl (C=O) groups is 1. The zero-order valence-corrected chi connectivity index (χ0v) is 11.2. The second kappa shape index (κ2) is 6.36. The van der Waals surface area contributed by atoms with Crippen LogP contribution in [0, 0.1) is 0 Å². The molecule has 0 saturated carbocycles. The predicted octanol–water partition coefficient (Wildman–Crippen LogP) is 3.96. The maximum Gasteiger partial charge on any atom is 0.166 e. The van der Waals surface area contributed by atoms with E-state index >= 15 is 0 Å². The zero-order valence-electron chi connectivity index (χ0n) is 10.4. The van der Waals surface area contributed by atoms with E-state index in [2.05, 4.69) is 11.4 Å². The number of hydrogen-bond donors (Lipinski definition) is 0. The zero-order chi connectivity index (χ0) is 12.8. The van der Waals surface area contributed by atoms with Crippen LogP contribution in [0.25, 0.3) is 0 Å². The van der Waals surface area contributed by atoms with E-state index in [9.17, 15) is 4.79 Å². The average Bonchev–Trinajstić information content (AvgIpc) is 2.91. The van der Waals surface area contributed by atoms with E-state index in [1.807, 2.05) is 30.3 Å². The second-order valence-electron chi connectivity index (χ2n) is 4.06. The molecule has 0 saturated heterocycles. The van der Waals surface area contributed by atoms with Crippen molar-refractivity contribution < 1.29 is 9.53 Å². The normalized spacial score (nSPS) is 10.3. The first-order valence-corrected chi connectivity index (χ1v) is 6.88. The van der Waals surface area contributed by atoms with Crippen LogP contribution in [0.4, 0.5) is 0 Å². The lowest BCUT2D eigenvalue weighted by Crippen LogP contribution is -2.02. The fourth-order valence-corrected chi connectivity index (χ4v) is 2.64. The molecule has 0 aliphatic rings. The molecule has 18 heavy (non-hydrogen) atoms. The van der Waals surface area contributed by atoms with Crippen LogP contribution in [0.2, 0.25) is 0 Å². The third kappa shape index (κ3) is 3.20. The molecule has 0 bridgehead atoms. The summed E-state index contributed by atoms with van der Waals surface area (Å²) in [7, 11) is 1.60. The summed E-state index contributed by atoms with van der Waals surface area (Å²) in [6.45, 7) is 0. The summed E-state index contributed by atoms with van der Waals surface area (Å²) in [4.78, 5) is 13.4. The van der Waals surface area contributed by atoms with Crippen LogP contribution in [-0.4, -0.2) is 12.9 Å². The van der Waals surface area contributed by atoms with Gasteiger partial charge in [-0.2, -0.15) is 0 Å². The molecule has 94 valence electrons. The lowest BCUT2D eigenvalue weighted by molar-refractivity contribution is 0.0977. The van der Waals surface area contributed by atoms with Gasteiger partial charge in [0, 0.05) is 11.3 Å². The molecule has 2 aromatic rings. The third-order valence-corrected chi connectivity index (χ3v) is 3.75. The number of ether oxygens (including phenoxy) is 1. The SMILES string of the molecule is COc1ccccc1C(=O)CCCc1cccs1. The number of rotatable bonds is 6. The number of carbonyl (C=O) groups excluding carboxylic acids is 1. The van der Waals surface area contributed by atoms with Crippen molar-refractivity contribution in [2.24, 2.45) is 0 Å². The molecule has 2 nitrogen and oxygen atoms in total. The Hall–Kier alpha value is -1.61. The highest BCUT2D eigenvalue weighted by molar-refractivity contribution is 7.09. The van der Waals surface area contributed by atoms with Gasteiger partial charge < -0.3 is 4.74 Å². The molecule has 1 heterocycles. The molecule has 1 aromatic heterocycles. The summed E-state index contributed by atoms with van der Waals surface area (Å²) in [6.07, 6.45) is 2.42. The van der Waals surface area contributed by atoms with Crippen LogP contribution in [0.3, 0.4) is 0 Å². The number of hydrogen-bond acceptors (Lipinski definition) is 3. The Morgan fingerprint density at radius 2 is 2.06 bits per heavy atom. The Balaban J connectivity index is 1.91. The number of ketones is 1. The van der Waals surface area contributed by atoms with Crippen LogP contribution in [0.1, 0.15) is 28.1 Å². The van der Waals surface area contributed by atoms with Crippen LogP contribution in [0.15, 0.2) is 41.8 Å². The minimum absolute atomic E-state index is 0.156. The van der Waals surface area contributed by atoms with E-state index in [-0.39, 0.29) is 5.78 Å². The van der Waals surface area contributed by atoms with E-state index in [0.717, 1.165) is 12.8 Å². The number of methoxy groups -OCH3 is 1. The van der Waals surface area contributed by atoms with Crippen molar-refractivity contribution in [3.63, 3.8) is 0 Å². The molecule has 1 aromatic carbocycles. The summed E-state index contributed by atoms with van der Waals surface area (Å²) in [5, 5.41) is 2.07. The quantitative estimate of drug-likeness (QED) is 0.735. The van der Waals surface area contributed by atoms with Crippen molar-refractivity contribution in [1.82, 2.24) is 0 Å². The van der Waals surface area contributed by atoms with Gasteiger partial charge in [0.2, 0.25) is 0 Å². The molecule has 0 radical (unpaired) electrons. The summed E-state index contributed by atoms with van der Waals surface area (Å²) < 4.78 is 5.20. The minimum Gasteiger partial charge on any atom is -0.496 e. The number of aryl methyl sites for hydroxylation is 1. The Morgan fingerprint density at radius 1 is 1.22 bits per heavy atom. The predicted molar refractivity (Wildman–Crippen MR) is 74.6 cm³/mol.